The van der Waals surface area contributed by atoms with Crippen LogP contribution in [0.4, 0.5) is 0 Å². The van der Waals surface area contributed by atoms with Gasteiger partial charge in [0, 0.05) is 0 Å². The van der Waals surface area contributed by atoms with Crippen LogP contribution >= 0.6 is 0 Å². The molecule has 4 atom stereocenters. The molecular formula is C8H6O12Sb2. The molecule has 0 aromatic heterocycles. The van der Waals surface area contributed by atoms with Crippen LogP contribution in [0.3, 0.4) is 0 Å². The topological polar surface area (TPSA) is 142 Å². The van der Waals surface area contributed by atoms with Crippen LogP contribution in [-0.4, -0.2) is 89.3 Å². The third-order valence-corrected chi connectivity index (χ3v) is 14.8. The van der Waals surface area contributed by atoms with Crippen molar-refractivity contribution in [3.63, 3.8) is 0 Å². The molecule has 0 aromatic carbocycles. The van der Waals surface area contributed by atoms with Crippen LogP contribution in [0.15, 0.2) is 0 Å². The van der Waals surface area contributed by atoms with Crippen LogP contribution in [0.5, 0.6) is 0 Å². The molecule has 0 N–H and O–H groups in total. The molecule has 5 fully saturated rings. The number of carbonyl (C=O) groups is 4. The average Bonchev–Trinajstić information content (AvgIpc) is 3.09. The molecule has 12 nitrogen and oxygen atoms in total. The Labute approximate surface area is 132 Å². The summed E-state index contributed by atoms with van der Waals surface area (Å²) in [7, 11) is 0. The molecule has 5 heterocycles. The minimum atomic E-state index is -4.99. The van der Waals surface area contributed by atoms with E-state index in [1.807, 2.05) is 0 Å². The fourth-order valence-corrected chi connectivity index (χ4v) is 14.4. The van der Waals surface area contributed by atoms with Gasteiger partial charge in [-0.1, -0.05) is 0 Å². The first kappa shape index (κ1) is 13.8. The molecule has 5 rings (SSSR count). The summed E-state index contributed by atoms with van der Waals surface area (Å²) in [5.74, 6) is -3.84. The first-order valence-corrected chi connectivity index (χ1v) is 15.4. The number of hydrogen-bond acceptors (Lipinski definition) is 12. The molecule has 0 aliphatic carbocycles. The summed E-state index contributed by atoms with van der Waals surface area (Å²) in [5, 5.41) is 0. The Morgan fingerprint density at radius 1 is 0.500 bits per heavy atom. The molecule has 14 heteroatoms. The van der Waals surface area contributed by atoms with Crippen molar-refractivity contribution in [2.24, 2.45) is 0 Å². The Hall–Kier alpha value is -0.644. The van der Waals surface area contributed by atoms with Gasteiger partial charge in [-0.3, -0.25) is 0 Å². The van der Waals surface area contributed by atoms with Gasteiger partial charge in [0.05, 0.1) is 0 Å². The maximum absolute atomic E-state index is 11.9. The zero-order valence-corrected chi connectivity index (χ0v) is 15.9. The van der Waals surface area contributed by atoms with E-state index in [1.165, 1.54) is 0 Å². The third kappa shape index (κ3) is 1.62. The Balaban J connectivity index is 1.66. The van der Waals surface area contributed by atoms with E-state index in [2.05, 4.69) is 0 Å². The number of carbonyl (C=O) groups excluding carboxylic acids is 4. The number of fused-ring (bicyclic) bond motifs is 6. The molecule has 5 saturated heterocycles. The van der Waals surface area contributed by atoms with Crippen LogP contribution in [0.1, 0.15) is 0 Å². The molecule has 0 saturated carbocycles. The maximum atomic E-state index is 11.9. The first-order chi connectivity index (χ1) is 10.4. The Bertz CT molecular complexity index is 548. The summed E-state index contributed by atoms with van der Waals surface area (Å²) >= 11 is -9.98. The summed E-state index contributed by atoms with van der Waals surface area (Å²) < 4.78 is 41.1. The van der Waals surface area contributed by atoms with Crippen LogP contribution in [0.2, 0.25) is 0 Å². The van der Waals surface area contributed by atoms with Crippen molar-refractivity contribution in [2.75, 3.05) is 0 Å². The van der Waals surface area contributed by atoms with Crippen molar-refractivity contribution < 1.29 is 43.3 Å². The fourth-order valence-electron chi connectivity index (χ4n) is 2.57. The molecule has 0 unspecified atom stereocenters. The van der Waals surface area contributed by atoms with E-state index in [-0.39, 0.29) is 0 Å². The van der Waals surface area contributed by atoms with E-state index in [4.69, 9.17) is 24.1 Å². The number of rotatable bonds is 0. The van der Waals surface area contributed by atoms with Gasteiger partial charge in [0.15, 0.2) is 0 Å². The molecule has 0 amide bonds. The Morgan fingerprint density at radius 3 is 0.955 bits per heavy atom. The molecule has 2 spiro atoms. The van der Waals surface area contributed by atoms with Gasteiger partial charge in [0.1, 0.15) is 0 Å². The third-order valence-electron chi connectivity index (χ3n) is 3.47. The summed E-state index contributed by atoms with van der Waals surface area (Å²) in [6, 6.07) is 0. The van der Waals surface area contributed by atoms with Gasteiger partial charge in [0.2, 0.25) is 0 Å². The van der Waals surface area contributed by atoms with E-state index >= 15 is 0 Å². The molecule has 5 aliphatic rings. The average molecular weight is 538 g/mol. The van der Waals surface area contributed by atoms with Crippen molar-refractivity contribution in [1.82, 2.24) is 0 Å². The van der Waals surface area contributed by atoms with Gasteiger partial charge in [-0.15, -0.1) is 0 Å². The van der Waals surface area contributed by atoms with Gasteiger partial charge >= 0.3 is 133 Å². The molecule has 0 radical (unpaired) electrons. The number of hydrogen-bond donors (Lipinski definition) is 0. The second-order valence-electron chi connectivity index (χ2n) is 4.84. The quantitative estimate of drug-likeness (QED) is 0.279. The molecule has 5 aliphatic heterocycles. The second-order valence-corrected chi connectivity index (χ2v) is 15.6. The summed E-state index contributed by atoms with van der Waals surface area (Å²) in [4.78, 5) is 47.6. The van der Waals surface area contributed by atoms with E-state index in [1.54, 1.807) is 0 Å². The first-order valence-electron chi connectivity index (χ1n) is 6.03. The van der Waals surface area contributed by atoms with Crippen molar-refractivity contribution >= 4 is 64.8 Å². The Morgan fingerprint density at radius 2 is 0.727 bits per heavy atom. The molecule has 120 valence electrons. The zero-order valence-electron chi connectivity index (χ0n) is 10.2. The van der Waals surface area contributed by atoms with E-state index in [0.29, 0.717) is 0 Å². The van der Waals surface area contributed by atoms with E-state index < -0.39 is 89.3 Å². The predicted molar refractivity (Wildman–Crippen MR) is 58.2 cm³/mol. The van der Waals surface area contributed by atoms with Gasteiger partial charge in [-0.05, 0) is 0 Å². The van der Waals surface area contributed by atoms with Gasteiger partial charge in [0.25, 0.3) is 0 Å². The monoisotopic (exact) mass is 536 g/mol. The summed E-state index contributed by atoms with van der Waals surface area (Å²) in [5.41, 5.74) is 0. The SMILES string of the molecule is O=C1[O][SbH]23[O]C(=O)[C@H]([O]2)[C@H]2[O][SbH]4([O]C(=O)[C@H]([O]4)[C@H]1[O]3)[O]C2=O. The van der Waals surface area contributed by atoms with Crippen LogP contribution < -0.4 is 0 Å². The molecular weight excluding hydrogens is 532 g/mol. The van der Waals surface area contributed by atoms with Gasteiger partial charge in [-0.2, -0.15) is 0 Å². The van der Waals surface area contributed by atoms with Gasteiger partial charge < -0.3 is 0 Å². The van der Waals surface area contributed by atoms with Crippen molar-refractivity contribution in [3.05, 3.63) is 0 Å². The van der Waals surface area contributed by atoms with Crippen molar-refractivity contribution in [1.29, 1.82) is 0 Å². The zero-order chi connectivity index (χ0) is 15.3. The minimum absolute atomic E-state index is 0.960. The van der Waals surface area contributed by atoms with E-state index in [0.717, 1.165) is 0 Å². The molecule has 6 bridgehead atoms. The normalized spacial score (nSPS) is 45.5. The molecule has 22 heavy (non-hydrogen) atoms. The van der Waals surface area contributed by atoms with E-state index in [9.17, 15) is 19.2 Å². The van der Waals surface area contributed by atoms with Crippen LogP contribution in [0.25, 0.3) is 0 Å². The van der Waals surface area contributed by atoms with Crippen molar-refractivity contribution in [2.45, 2.75) is 24.4 Å². The van der Waals surface area contributed by atoms with Gasteiger partial charge in [-0.25, -0.2) is 0 Å². The summed E-state index contributed by atoms with van der Waals surface area (Å²) in [6.07, 6.45) is -6.04. The summed E-state index contributed by atoms with van der Waals surface area (Å²) in [6.45, 7) is 0. The Kier molecular flexibility index (Phi) is 2.54. The van der Waals surface area contributed by atoms with Crippen LogP contribution in [0, 0.1) is 0 Å². The molecule has 0 aromatic rings. The van der Waals surface area contributed by atoms with Crippen LogP contribution in [-0.2, 0) is 43.3 Å². The fraction of sp³-hybridized carbons (Fsp3) is 0.500. The van der Waals surface area contributed by atoms with Crippen molar-refractivity contribution in [3.8, 4) is 0 Å². The standard InChI is InChI=1S/2C4H4O6.2Sb.2H/c2*5-1(3(7)8)2(6)4(9)10;;;;/h2*1-2H,(H,7,8)(H,9,10);;;;/q2*-2;2*+4;;/p-4/t2*1-,2-;;;;/m11..../s1. The second kappa shape index (κ2) is 4.06. The predicted octanol–water partition coefficient (Wildman–Crippen LogP) is -3.90.